The minimum Gasteiger partial charge on any atom is -0.310 e. The largest absolute Gasteiger partial charge is 0.310 e. The van der Waals surface area contributed by atoms with E-state index < -0.39 is 0 Å². The van der Waals surface area contributed by atoms with Gasteiger partial charge in [-0.15, -0.1) is 0 Å². The molecule has 3 nitrogen and oxygen atoms in total. The summed E-state index contributed by atoms with van der Waals surface area (Å²) in [5.74, 6) is 0. The monoisotopic (exact) mass is 265 g/mol. The molecular weight excluding hydrogens is 242 g/mol. The van der Waals surface area contributed by atoms with E-state index in [1.54, 1.807) is 0 Å². The van der Waals surface area contributed by atoms with Crippen molar-refractivity contribution in [2.24, 2.45) is 0 Å². The summed E-state index contributed by atoms with van der Waals surface area (Å²) in [5, 5.41) is 5.05. The summed E-state index contributed by atoms with van der Waals surface area (Å²) in [7, 11) is 0. The summed E-state index contributed by atoms with van der Waals surface area (Å²) in [6, 6.07) is 0.501. The summed E-state index contributed by atoms with van der Waals surface area (Å²) < 4.78 is 0. The fourth-order valence-corrected chi connectivity index (χ4v) is 3.24. The number of aromatic nitrogens is 2. The predicted octanol–water partition coefficient (Wildman–Crippen LogP) is 3.40. The van der Waals surface area contributed by atoms with Gasteiger partial charge in [0.05, 0.1) is 0 Å². The zero-order valence-electron chi connectivity index (χ0n) is 11.4. The molecule has 0 unspecified atom stereocenters. The third-order valence-electron chi connectivity index (χ3n) is 3.22. The zero-order chi connectivity index (χ0) is 12.8. The number of hydrogen-bond acceptors (Lipinski definition) is 4. The standard InChI is InChI=1S/C14H23N3S/c1-11(2)15-8-12-9-16-14(17-10-12)18-13-6-4-3-5-7-13/h9-11,13,15H,3-8H2,1-2H3. The predicted molar refractivity (Wildman–Crippen MR) is 76.7 cm³/mol. The molecule has 18 heavy (non-hydrogen) atoms. The third-order valence-corrected chi connectivity index (χ3v) is 4.45. The van der Waals surface area contributed by atoms with Gasteiger partial charge in [0.25, 0.3) is 0 Å². The summed E-state index contributed by atoms with van der Waals surface area (Å²) in [4.78, 5) is 8.93. The van der Waals surface area contributed by atoms with E-state index in [1.807, 2.05) is 24.2 Å². The van der Waals surface area contributed by atoms with Gasteiger partial charge >= 0.3 is 0 Å². The van der Waals surface area contributed by atoms with Gasteiger partial charge in [-0.3, -0.25) is 0 Å². The SMILES string of the molecule is CC(C)NCc1cnc(SC2CCCCC2)nc1. The number of thioether (sulfide) groups is 1. The minimum atomic E-state index is 0.501. The molecule has 0 atom stereocenters. The average Bonchev–Trinajstić information content (AvgIpc) is 2.39. The van der Waals surface area contributed by atoms with Crippen LogP contribution in [0.3, 0.4) is 0 Å². The second kappa shape index (κ2) is 7.10. The molecule has 1 saturated carbocycles. The van der Waals surface area contributed by atoms with Gasteiger partial charge in [0, 0.05) is 35.8 Å². The molecule has 1 N–H and O–H groups in total. The molecule has 0 radical (unpaired) electrons. The van der Waals surface area contributed by atoms with Crippen LogP contribution in [0.2, 0.25) is 0 Å². The van der Waals surface area contributed by atoms with Crippen LogP contribution in [0.4, 0.5) is 0 Å². The summed E-state index contributed by atoms with van der Waals surface area (Å²) in [5.41, 5.74) is 1.16. The maximum atomic E-state index is 4.46. The topological polar surface area (TPSA) is 37.8 Å². The fourth-order valence-electron chi connectivity index (χ4n) is 2.15. The maximum absolute atomic E-state index is 4.46. The Bertz CT molecular complexity index is 345. The van der Waals surface area contributed by atoms with Gasteiger partial charge in [-0.1, -0.05) is 44.9 Å². The van der Waals surface area contributed by atoms with E-state index in [0.29, 0.717) is 6.04 Å². The van der Waals surface area contributed by atoms with E-state index in [9.17, 15) is 0 Å². The van der Waals surface area contributed by atoms with Crippen molar-refractivity contribution in [1.82, 2.24) is 15.3 Å². The summed E-state index contributed by atoms with van der Waals surface area (Å²) >= 11 is 1.85. The van der Waals surface area contributed by atoms with Gasteiger partial charge in [0.1, 0.15) is 0 Å². The molecule has 1 aliphatic carbocycles. The first-order valence-corrected chi connectivity index (χ1v) is 7.83. The fraction of sp³-hybridized carbons (Fsp3) is 0.714. The Labute approximate surface area is 114 Å². The molecule has 1 aromatic rings. The Hall–Kier alpha value is -0.610. The van der Waals surface area contributed by atoms with Gasteiger partial charge in [-0.05, 0) is 12.8 Å². The van der Waals surface area contributed by atoms with E-state index in [-0.39, 0.29) is 0 Å². The lowest BCUT2D eigenvalue weighted by atomic mass is 10.0. The molecule has 0 bridgehead atoms. The van der Waals surface area contributed by atoms with Crippen molar-refractivity contribution in [3.05, 3.63) is 18.0 Å². The van der Waals surface area contributed by atoms with E-state index in [0.717, 1.165) is 22.5 Å². The molecular formula is C14H23N3S. The van der Waals surface area contributed by atoms with Crippen molar-refractivity contribution >= 4 is 11.8 Å². The molecule has 0 saturated heterocycles. The number of hydrogen-bond donors (Lipinski definition) is 1. The molecule has 4 heteroatoms. The number of nitrogens with one attached hydrogen (secondary N) is 1. The highest BCUT2D eigenvalue weighted by Crippen LogP contribution is 2.31. The first kappa shape index (κ1) is 13.8. The summed E-state index contributed by atoms with van der Waals surface area (Å²) in [6.07, 6.45) is 10.7. The van der Waals surface area contributed by atoms with Crippen LogP contribution >= 0.6 is 11.8 Å². The Morgan fingerprint density at radius 3 is 2.50 bits per heavy atom. The lowest BCUT2D eigenvalue weighted by molar-refractivity contribution is 0.515. The van der Waals surface area contributed by atoms with Gasteiger partial charge < -0.3 is 5.32 Å². The lowest BCUT2D eigenvalue weighted by Gasteiger charge is -2.19. The molecule has 100 valence electrons. The third kappa shape index (κ3) is 4.58. The number of nitrogens with zero attached hydrogens (tertiary/aromatic N) is 2. The van der Waals surface area contributed by atoms with Crippen molar-refractivity contribution < 1.29 is 0 Å². The summed E-state index contributed by atoms with van der Waals surface area (Å²) in [6.45, 7) is 5.15. The van der Waals surface area contributed by atoms with Gasteiger partial charge in [0.15, 0.2) is 5.16 Å². The Morgan fingerprint density at radius 1 is 1.22 bits per heavy atom. The molecule has 1 aromatic heterocycles. The Balaban J connectivity index is 1.83. The van der Waals surface area contributed by atoms with Crippen LogP contribution in [0.1, 0.15) is 51.5 Å². The number of rotatable bonds is 5. The van der Waals surface area contributed by atoms with Crippen molar-refractivity contribution in [2.45, 2.75) is 68.9 Å². The van der Waals surface area contributed by atoms with Gasteiger partial charge in [-0.2, -0.15) is 0 Å². The molecule has 1 heterocycles. The smallest absolute Gasteiger partial charge is 0.187 e. The van der Waals surface area contributed by atoms with E-state index >= 15 is 0 Å². The van der Waals surface area contributed by atoms with Crippen molar-refractivity contribution in [1.29, 1.82) is 0 Å². The Morgan fingerprint density at radius 2 is 1.89 bits per heavy atom. The van der Waals surface area contributed by atoms with Gasteiger partial charge in [-0.25, -0.2) is 9.97 Å². The molecule has 0 spiro atoms. The van der Waals surface area contributed by atoms with E-state index in [4.69, 9.17) is 0 Å². The maximum Gasteiger partial charge on any atom is 0.187 e. The Kier molecular flexibility index (Phi) is 5.45. The van der Waals surface area contributed by atoms with Gasteiger partial charge in [0.2, 0.25) is 0 Å². The van der Waals surface area contributed by atoms with Crippen molar-refractivity contribution in [3.8, 4) is 0 Å². The molecule has 1 aliphatic rings. The molecule has 0 aliphatic heterocycles. The molecule has 0 aromatic carbocycles. The molecule has 1 fully saturated rings. The first-order valence-electron chi connectivity index (χ1n) is 6.95. The quantitative estimate of drug-likeness (QED) is 0.828. The van der Waals surface area contributed by atoms with Crippen LogP contribution in [0.15, 0.2) is 17.6 Å². The highest BCUT2D eigenvalue weighted by molar-refractivity contribution is 7.99. The van der Waals surface area contributed by atoms with Crippen LogP contribution in [0, 0.1) is 0 Å². The van der Waals surface area contributed by atoms with E-state index in [1.165, 1.54) is 32.1 Å². The lowest BCUT2D eigenvalue weighted by Crippen LogP contribution is -2.22. The highest BCUT2D eigenvalue weighted by atomic mass is 32.2. The molecule has 0 amide bonds. The minimum absolute atomic E-state index is 0.501. The zero-order valence-corrected chi connectivity index (χ0v) is 12.2. The average molecular weight is 265 g/mol. The van der Waals surface area contributed by atoms with Crippen LogP contribution < -0.4 is 5.32 Å². The van der Waals surface area contributed by atoms with Crippen LogP contribution in [-0.2, 0) is 6.54 Å². The first-order chi connectivity index (χ1) is 8.74. The second-order valence-corrected chi connectivity index (χ2v) is 6.55. The van der Waals surface area contributed by atoms with Crippen LogP contribution in [0.25, 0.3) is 0 Å². The van der Waals surface area contributed by atoms with Crippen LogP contribution in [-0.4, -0.2) is 21.3 Å². The normalized spacial score (nSPS) is 17.3. The van der Waals surface area contributed by atoms with Crippen molar-refractivity contribution in [3.63, 3.8) is 0 Å². The highest BCUT2D eigenvalue weighted by Gasteiger charge is 2.15. The molecule has 2 rings (SSSR count). The van der Waals surface area contributed by atoms with Crippen LogP contribution in [0.5, 0.6) is 0 Å². The van der Waals surface area contributed by atoms with E-state index in [2.05, 4.69) is 29.1 Å². The second-order valence-electron chi connectivity index (χ2n) is 5.29. The van der Waals surface area contributed by atoms with Crippen molar-refractivity contribution in [2.75, 3.05) is 0 Å².